The van der Waals surface area contributed by atoms with E-state index in [1.54, 1.807) is 0 Å². The molecule has 0 aromatic rings. The maximum Gasteiger partial charge on any atom is 0.303 e. The van der Waals surface area contributed by atoms with Crippen molar-refractivity contribution in [2.45, 2.75) is 97.8 Å². The maximum absolute atomic E-state index is 10.5. The SMILES string of the molecule is CCCCCCCC(C)CCCC(C)CCCC(=O)O. The largest absolute Gasteiger partial charge is 0.481 e. The molecular weight excluding hydrogens is 248 g/mol. The molecule has 120 valence electrons. The topological polar surface area (TPSA) is 37.3 Å². The van der Waals surface area contributed by atoms with E-state index in [0.717, 1.165) is 18.8 Å². The molecule has 0 saturated heterocycles. The van der Waals surface area contributed by atoms with Crippen LogP contribution < -0.4 is 0 Å². The highest BCUT2D eigenvalue weighted by Gasteiger charge is 2.06. The maximum atomic E-state index is 10.5. The number of hydrogen-bond donors (Lipinski definition) is 1. The van der Waals surface area contributed by atoms with Crippen LogP contribution in [0.15, 0.2) is 0 Å². The van der Waals surface area contributed by atoms with Gasteiger partial charge in [0.05, 0.1) is 0 Å². The van der Waals surface area contributed by atoms with Crippen LogP contribution in [0.5, 0.6) is 0 Å². The number of carbonyl (C=O) groups is 1. The lowest BCUT2D eigenvalue weighted by molar-refractivity contribution is -0.137. The van der Waals surface area contributed by atoms with Gasteiger partial charge in [0, 0.05) is 6.42 Å². The lowest BCUT2D eigenvalue weighted by Crippen LogP contribution is -2.01. The number of aliphatic carboxylic acids is 1. The zero-order valence-corrected chi connectivity index (χ0v) is 14.0. The fourth-order valence-electron chi connectivity index (χ4n) is 2.80. The van der Waals surface area contributed by atoms with Crippen molar-refractivity contribution in [3.63, 3.8) is 0 Å². The molecule has 0 aromatic carbocycles. The molecule has 1 N–H and O–H groups in total. The van der Waals surface area contributed by atoms with Gasteiger partial charge in [-0.15, -0.1) is 0 Å². The van der Waals surface area contributed by atoms with Gasteiger partial charge in [-0.2, -0.15) is 0 Å². The molecule has 0 aliphatic heterocycles. The first-order chi connectivity index (χ1) is 9.56. The van der Waals surface area contributed by atoms with Crippen molar-refractivity contribution in [3.8, 4) is 0 Å². The van der Waals surface area contributed by atoms with Crippen molar-refractivity contribution in [2.75, 3.05) is 0 Å². The normalized spacial score (nSPS) is 14.2. The summed E-state index contributed by atoms with van der Waals surface area (Å²) >= 11 is 0. The molecule has 0 rings (SSSR count). The Hall–Kier alpha value is -0.530. The minimum Gasteiger partial charge on any atom is -0.481 e. The molecular formula is C18H36O2. The van der Waals surface area contributed by atoms with E-state index in [9.17, 15) is 4.79 Å². The fourth-order valence-corrected chi connectivity index (χ4v) is 2.80. The smallest absolute Gasteiger partial charge is 0.303 e. The van der Waals surface area contributed by atoms with Crippen LogP contribution >= 0.6 is 0 Å². The van der Waals surface area contributed by atoms with Crippen LogP contribution in [0.2, 0.25) is 0 Å². The van der Waals surface area contributed by atoms with Crippen LogP contribution in [0.1, 0.15) is 97.8 Å². The first kappa shape index (κ1) is 19.5. The summed E-state index contributed by atoms with van der Waals surface area (Å²) < 4.78 is 0. The van der Waals surface area contributed by atoms with Crippen molar-refractivity contribution >= 4 is 5.97 Å². The van der Waals surface area contributed by atoms with E-state index < -0.39 is 5.97 Å². The van der Waals surface area contributed by atoms with E-state index in [1.165, 1.54) is 57.8 Å². The van der Waals surface area contributed by atoms with Crippen molar-refractivity contribution < 1.29 is 9.90 Å². The van der Waals surface area contributed by atoms with Gasteiger partial charge in [-0.1, -0.05) is 85.0 Å². The fraction of sp³-hybridized carbons (Fsp3) is 0.944. The second-order valence-electron chi connectivity index (χ2n) is 6.63. The number of rotatable bonds is 14. The van der Waals surface area contributed by atoms with Gasteiger partial charge in [0.2, 0.25) is 0 Å². The standard InChI is InChI=1S/C18H36O2/c1-4-5-6-7-8-11-16(2)12-9-13-17(3)14-10-15-18(19)20/h16-17H,4-15H2,1-3H3,(H,19,20). The Morgan fingerprint density at radius 2 is 1.30 bits per heavy atom. The number of hydrogen-bond acceptors (Lipinski definition) is 1. The quantitative estimate of drug-likeness (QED) is 0.394. The first-order valence-electron chi connectivity index (χ1n) is 8.78. The predicted octanol–water partition coefficient (Wildman–Crippen LogP) is 6.04. The molecule has 2 heteroatoms. The lowest BCUT2D eigenvalue weighted by Gasteiger charge is -2.14. The van der Waals surface area contributed by atoms with Gasteiger partial charge in [-0.05, 0) is 18.3 Å². The van der Waals surface area contributed by atoms with Crippen molar-refractivity contribution in [1.29, 1.82) is 0 Å². The highest BCUT2D eigenvalue weighted by Crippen LogP contribution is 2.20. The summed E-state index contributed by atoms with van der Waals surface area (Å²) in [5, 5.41) is 8.61. The van der Waals surface area contributed by atoms with Crippen molar-refractivity contribution in [2.24, 2.45) is 11.8 Å². The Morgan fingerprint density at radius 3 is 1.85 bits per heavy atom. The summed E-state index contributed by atoms with van der Waals surface area (Å²) in [5.74, 6) is 0.892. The van der Waals surface area contributed by atoms with Gasteiger partial charge in [-0.25, -0.2) is 0 Å². The minimum atomic E-state index is -0.658. The summed E-state index contributed by atoms with van der Waals surface area (Å²) in [6.45, 7) is 6.91. The molecule has 0 saturated carbocycles. The molecule has 2 atom stereocenters. The van der Waals surface area contributed by atoms with E-state index in [4.69, 9.17) is 5.11 Å². The molecule has 20 heavy (non-hydrogen) atoms. The Bertz CT molecular complexity index is 225. The Morgan fingerprint density at radius 1 is 0.800 bits per heavy atom. The van der Waals surface area contributed by atoms with Gasteiger partial charge in [-0.3, -0.25) is 4.79 Å². The van der Waals surface area contributed by atoms with Crippen molar-refractivity contribution in [3.05, 3.63) is 0 Å². The van der Waals surface area contributed by atoms with Gasteiger partial charge in [0.15, 0.2) is 0 Å². The summed E-state index contributed by atoms with van der Waals surface area (Å²) in [4.78, 5) is 10.5. The van der Waals surface area contributed by atoms with Crippen LogP contribution in [0.3, 0.4) is 0 Å². The zero-order valence-electron chi connectivity index (χ0n) is 14.0. The Labute approximate surface area is 126 Å². The average Bonchev–Trinajstić information content (AvgIpc) is 2.38. The third-order valence-electron chi connectivity index (χ3n) is 4.28. The molecule has 2 unspecified atom stereocenters. The third-order valence-corrected chi connectivity index (χ3v) is 4.28. The molecule has 0 amide bonds. The number of carboxylic acids is 1. The highest BCUT2D eigenvalue weighted by atomic mass is 16.4. The van der Waals surface area contributed by atoms with Crippen LogP contribution in [-0.4, -0.2) is 11.1 Å². The van der Waals surface area contributed by atoms with E-state index in [1.807, 2.05) is 0 Å². The van der Waals surface area contributed by atoms with E-state index >= 15 is 0 Å². The van der Waals surface area contributed by atoms with Gasteiger partial charge in [0.1, 0.15) is 0 Å². The van der Waals surface area contributed by atoms with E-state index in [0.29, 0.717) is 12.3 Å². The Kier molecular flexibility index (Phi) is 13.1. The zero-order chi connectivity index (χ0) is 15.2. The summed E-state index contributed by atoms with van der Waals surface area (Å²) in [7, 11) is 0. The van der Waals surface area contributed by atoms with Crippen LogP contribution in [0.4, 0.5) is 0 Å². The molecule has 0 bridgehead atoms. The molecule has 0 aromatic heterocycles. The molecule has 0 aliphatic carbocycles. The lowest BCUT2D eigenvalue weighted by atomic mass is 9.92. The summed E-state index contributed by atoms with van der Waals surface area (Å²) in [6.07, 6.45) is 14.5. The third kappa shape index (κ3) is 13.9. The van der Waals surface area contributed by atoms with Crippen molar-refractivity contribution in [1.82, 2.24) is 0 Å². The molecule has 0 heterocycles. The Balaban J connectivity index is 3.36. The minimum absolute atomic E-state index is 0.332. The molecule has 0 spiro atoms. The average molecular weight is 284 g/mol. The van der Waals surface area contributed by atoms with E-state index in [2.05, 4.69) is 20.8 Å². The summed E-state index contributed by atoms with van der Waals surface area (Å²) in [6, 6.07) is 0. The molecule has 2 nitrogen and oxygen atoms in total. The van der Waals surface area contributed by atoms with Crippen LogP contribution in [-0.2, 0) is 4.79 Å². The van der Waals surface area contributed by atoms with Gasteiger partial charge < -0.3 is 5.11 Å². The summed E-state index contributed by atoms with van der Waals surface area (Å²) in [5.41, 5.74) is 0. The molecule has 0 fully saturated rings. The van der Waals surface area contributed by atoms with Gasteiger partial charge in [0.25, 0.3) is 0 Å². The highest BCUT2D eigenvalue weighted by molar-refractivity contribution is 5.66. The molecule has 0 radical (unpaired) electrons. The number of carboxylic acid groups (broad SMARTS) is 1. The van der Waals surface area contributed by atoms with Crippen LogP contribution in [0, 0.1) is 11.8 Å². The monoisotopic (exact) mass is 284 g/mol. The molecule has 0 aliphatic rings. The second-order valence-corrected chi connectivity index (χ2v) is 6.63. The second kappa shape index (κ2) is 13.5. The van der Waals surface area contributed by atoms with Gasteiger partial charge >= 0.3 is 5.97 Å². The number of unbranched alkanes of at least 4 members (excludes halogenated alkanes) is 4. The predicted molar refractivity (Wildman–Crippen MR) is 87.0 cm³/mol. The first-order valence-corrected chi connectivity index (χ1v) is 8.78. The van der Waals surface area contributed by atoms with E-state index in [-0.39, 0.29) is 0 Å². The van der Waals surface area contributed by atoms with Crippen LogP contribution in [0.25, 0.3) is 0 Å².